The fraction of sp³-hybridized carbons (Fsp3) is 0.111. The number of rotatable bonds is 1. The number of hydrogen-bond acceptors (Lipinski definition) is 2. The molecule has 0 atom stereocenters. The zero-order valence-electron chi connectivity index (χ0n) is 8.17. The number of hydrogen-bond donors (Lipinski definition) is 1. The Balaban J connectivity index is 2.83. The maximum atomic E-state index is 13.3. The van der Waals surface area contributed by atoms with Crippen molar-refractivity contribution in [1.82, 2.24) is 0 Å². The van der Waals surface area contributed by atoms with Gasteiger partial charge in [-0.1, -0.05) is 0 Å². The summed E-state index contributed by atoms with van der Waals surface area (Å²) in [5.74, 6) is -0.661. The van der Waals surface area contributed by atoms with Crippen molar-refractivity contribution in [2.75, 3.05) is 0 Å². The van der Waals surface area contributed by atoms with Gasteiger partial charge in [-0.3, -0.25) is 0 Å². The van der Waals surface area contributed by atoms with E-state index in [9.17, 15) is 4.39 Å². The zero-order chi connectivity index (χ0) is 10.3. The molecule has 0 saturated carbocycles. The first-order chi connectivity index (χ1) is 6.50. The van der Waals surface area contributed by atoms with Crippen LogP contribution in [0, 0.1) is 5.82 Å². The third-order valence-electron chi connectivity index (χ3n) is 1.73. The van der Waals surface area contributed by atoms with Crippen LogP contribution in [0.15, 0.2) is 28.9 Å². The summed E-state index contributed by atoms with van der Waals surface area (Å²) >= 11 is 0. The number of fused-ring (bicyclic) bond motifs is 1. The molecule has 0 spiro atoms. The van der Waals surface area contributed by atoms with Gasteiger partial charge >= 0.3 is 0 Å². The summed E-state index contributed by atoms with van der Waals surface area (Å²) in [6.07, 6.45) is 1.37. The Morgan fingerprint density at radius 2 is 2.33 bits per heavy atom. The van der Waals surface area contributed by atoms with E-state index in [1.165, 1.54) is 18.4 Å². The van der Waals surface area contributed by atoms with Gasteiger partial charge in [0.25, 0.3) is 0 Å². The molecule has 0 aliphatic heterocycles. The molecule has 2 nitrogen and oxygen atoms in total. The molecule has 2 rings (SSSR count). The Hall–Kier alpha value is -1.35. The third-order valence-corrected chi connectivity index (χ3v) is 1.73. The van der Waals surface area contributed by atoms with Crippen molar-refractivity contribution in [2.45, 2.75) is 6.50 Å². The highest BCUT2D eigenvalue weighted by atomic mass is 19.1. The molecule has 62 valence electrons. The fourth-order valence-electron chi connectivity index (χ4n) is 1.16. The molecule has 0 fully saturated rings. The molecule has 0 amide bonds. The molecular weight excluding hydrogens is 157 g/mol. The second-order valence-electron chi connectivity index (χ2n) is 2.40. The van der Waals surface area contributed by atoms with Crippen LogP contribution in [0.2, 0.25) is 0 Å². The molecule has 1 heterocycles. The van der Waals surface area contributed by atoms with Crippen LogP contribution in [-0.4, -0.2) is 0 Å². The molecule has 0 aliphatic carbocycles. The molecule has 0 unspecified atom stereocenters. The van der Waals surface area contributed by atoms with Crippen molar-refractivity contribution < 1.29 is 11.5 Å². The lowest BCUT2D eigenvalue weighted by Gasteiger charge is -1.99. The van der Waals surface area contributed by atoms with E-state index in [1.807, 2.05) is 0 Å². The standard InChI is InChI=1S/C9H8FNO/c10-8-1-2-9-6(3-4-12-9)7(8)5-11/h1-4H,5,11H2/i5D2. The van der Waals surface area contributed by atoms with Crippen LogP contribution in [0.4, 0.5) is 4.39 Å². The van der Waals surface area contributed by atoms with E-state index in [0.29, 0.717) is 11.0 Å². The molecule has 2 aromatic rings. The van der Waals surface area contributed by atoms with Crippen molar-refractivity contribution in [2.24, 2.45) is 5.73 Å². The molecule has 2 N–H and O–H groups in total. The molecule has 1 aromatic carbocycles. The first-order valence-corrected chi connectivity index (χ1v) is 3.45. The molecule has 3 heteroatoms. The molecule has 0 bridgehead atoms. The van der Waals surface area contributed by atoms with Crippen LogP contribution in [0.3, 0.4) is 0 Å². The van der Waals surface area contributed by atoms with E-state index in [4.69, 9.17) is 12.9 Å². The highest BCUT2D eigenvalue weighted by molar-refractivity contribution is 5.81. The highest BCUT2D eigenvalue weighted by Crippen LogP contribution is 2.21. The lowest BCUT2D eigenvalue weighted by atomic mass is 10.1. The average Bonchev–Trinajstić information content (AvgIpc) is 2.48. The van der Waals surface area contributed by atoms with Crippen LogP contribution < -0.4 is 5.73 Å². The maximum absolute atomic E-state index is 13.3. The Kier molecular flexibility index (Phi) is 1.16. The summed E-state index contributed by atoms with van der Waals surface area (Å²) < 4.78 is 32.9. The highest BCUT2D eigenvalue weighted by Gasteiger charge is 2.06. The third kappa shape index (κ3) is 0.905. The van der Waals surface area contributed by atoms with Crippen molar-refractivity contribution in [3.8, 4) is 0 Å². The average molecular weight is 167 g/mol. The van der Waals surface area contributed by atoms with Crippen molar-refractivity contribution >= 4 is 11.0 Å². The van der Waals surface area contributed by atoms with Crippen molar-refractivity contribution in [3.63, 3.8) is 0 Å². The fourth-order valence-corrected chi connectivity index (χ4v) is 1.16. The molecule has 1 aromatic heterocycles. The second kappa shape index (κ2) is 2.60. The molecule has 0 radical (unpaired) electrons. The zero-order valence-corrected chi connectivity index (χ0v) is 6.17. The minimum atomic E-state index is -2.20. The Labute approximate surface area is 71.6 Å². The number of halogens is 1. The minimum Gasteiger partial charge on any atom is -0.464 e. The van der Waals surface area contributed by atoms with Gasteiger partial charge in [0, 0.05) is 20.2 Å². The summed E-state index contributed by atoms with van der Waals surface area (Å²) in [6.45, 7) is -2.20. The Morgan fingerprint density at radius 1 is 1.50 bits per heavy atom. The maximum Gasteiger partial charge on any atom is 0.134 e. The Morgan fingerprint density at radius 3 is 3.08 bits per heavy atom. The summed E-state index contributed by atoms with van der Waals surface area (Å²) in [4.78, 5) is 0. The van der Waals surface area contributed by atoms with Crippen LogP contribution in [0.1, 0.15) is 8.30 Å². The smallest absolute Gasteiger partial charge is 0.134 e. The van der Waals surface area contributed by atoms with Gasteiger partial charge < -0.3 is 10.2 Å². The van der Waals surface area contributed by atoms with Crippen molar-refractivity contribution in [1.29, 1.82) is 0 Å². The number of furan rings is 1. The van der Waals surface area contributed by atoms with Gasteiger partial charge in [-0.2, -0.15) is 0 Å². The van der Waals surface area contributed by atoms with E-state index >= 15 is 0 Å². The van der Waals surface area contributed by atoms with Gasteiger partial charge in [0.1, 0.15) is 11.4 Å². The van der Waals surface area contributed by atoms with Gasteiger partial charge in [0.2, 0.25) is 0 Å². The summed E-state index contributed by atoms with van der Waals surface area (Å²) in [5.41, 5.74) is 5.50. The lowest BCUT2D eigenvalue weighted by molar-refractivity contribution is 0.602. The summed E-state index contributed by atoms with van der Waals surface area (Å²) in [5, 5.41) is 0.373. The van der Waals surface area contributed by atoms with Gasteiger partial charge in [0.05, 0.1) is 6.26 Å². The van der Waals surface area contributed by atoms with E-state index < -0.39 is 12.3 Å². The minimum absolute atomic E-state index is 0.163. The van der Waals surface area contributed by atoms with Gasteiger partial charge in [0.15, 0.2) is 0 Å². The van der Waals surface area contributed by atoms with E-state index in [-0.39, 0.29) is 5.56 Å². The van der Waals surface area contributed by atoms with Crippen molar-refractivity contribution in [3.05, 3.63) is 35.8 Å². The number of nitrogens with two attached hydrogens (primary N) is 1. The number of benzene rings is 1. The summed E-state index contributed by atoms with van der Waals surface area (Å²) in [6, 6.07) is 4.09. The van der Waals surface area contributed by atoms with Gasteiger partial charge in [-0.25, -0.2) is 4.39 Å². The lowest BCUT2D eigenvalue weighted by Crippen LogP contribution is -1.99. The first-order valence-electron chi connectivity index (χ1n) is 4.45. The monoisotopic (exact) mass is 167 g/mol. The van der Waals surface area contributed by atoms with Crippen LogP contribution in [0.25, 0.3) is 11.0 Å². The van der Waals surface area contributed by atoms with E-state index in [1.54, 1.807) is 0 Å². The van der Waals surface area contributed by atoms with Gasteiger partial charge in [-0.05, 0) is 18.2 Å². The quantitative estimate of drug-likeness (QED) is 0.705. The summed E-state index contributed by atoms with van der Waals surface area (Å²) in [7, 11) is 0. The predicted molar refractivity (Wildman–Crippen MR) is 44.1 cm³/mol. The molecule has 0 saturated heterocycles. The van der Waals surface area contributed by atoms with E-state index in [2.05, 4.69) is 0 Å². The molecular formula is C9H8FNO. The SMILES string of the molecule is [2H]C([2H])(N)c1c(F)ccc2occc12. The molecule has 12 heavy (non-hydrogen) atoms. The first kappa shape index (κ1) is 5.32. The second-order valence-corrected chi connectivity index (χ2v) is 2.40. The Bertz CT molecular complexity index is 475. The van der Waals surface area contributed by atoms with E-state index in [0.717, 1.165) is 6.07 Å². The van der Waals surface area contributed by atoms with Crippen LogP contribution in [-0.2, 0) is 6.50 Å². The largest absolute Gasteiger partial charge is 0.464 e. The van der Waals surface area contributed by atoms with Gasteiger partial charge in [-0.15, -0.1) is 0 Å². The normalized spacial score (nSPS) is 14.5. The molecule has 0 aliphatic rings. The predicted octanol–water partition coefficient (Wildman–Crippen LogP) is 2.03. The topological polar surface area (TPSA) is 39.2 Å². The van der Waals surface area contributed by atoms with Crippen LogP contribution >= 0.6 is 0 Å². The van der Waals surface area contributed by atoms with Crippen LogP contribution in [0.5, 0.6) is 0 Å².